The average molecular weight is 325 g/mol. The van der Waals surface area contributed by atoms with E-state index >= 15 is 0 Å². The Bertz CT molecular complexity index is 844. The van der Waals surface area contributed by atoms with Gasteiger partial charge in [-0.25, -0.2) is 4.39 Å². The highest BCUT2D eigenvalue weighted by Gasteiger charge is 2.11. The molecule has 0 aliphatic rings. The van der Waals surface area contributed by atoms with Crippen LogP contribution in [0, 0.1) is 5.82 Å². The maximum Gasteiger partial charge on any atom is 0.248 e. The van der Waals surface area contributed by atoms with Crippen LogP contribution in [0.1, 0.15) is 12.5 Å². The number of nitrogens with zero attached hydrogens (tertiary/aromatic N) is 4. The highest BCUT2D eigenvalue weighted by atomic mass is 19.1. The second kappa shape index (κ2) is 6.99. The zero-order chi connectivity index (χ0) is 16.9. The van der Waals surface area contributed by atoms with Crippen LogP contribution in [0.4, 0.5) is 10.1 Å². The number of aryl methyl sites for hydroxylation is 1. The molecule has 1 heterocycles. The topological polar surface area (TPSA) is 72.7 Å². The minimum Gasteiger partial charge on any atom is -0.322 e. The van der Waals surface area contributed by atoms with Gasteiger partial charge in [-0.2, -0.15) is 4.80 Å². The zero-order valence-electron chi connectivity index (χ0n) is 13.1. The van der Waals surface area contributed by atoms with Crippen molar-refractivity contribution < 1.29 is 9.18 Å². The molecular formula is C17H16FN5O. The van der Waals surface area contributed by atoms with Gasteiger partial charge < -0.3 is 5.32 Å². The Morgan fingerprint density at radius 1 is 1.17 bits per heavy atom. The van der Waals surface area contributed by atoms with E-state index in [9.17, 15) is 9.18 Å². The summed E-state index contributed by atoms with van der Waals surface area (Å²) in [6.07, 6.45) is 0.955. The molecule has 0 spiro atoms. The number of amides is 1. The number of carbonyl (C=O) groups excluding carboxylic acids is 1. The van der Waals surface area contributed by atoms with Crippen LogP contribution >= 0.6 is 0 Å². The van der Waals surface area contributed by atoms with Gasteiger partial charge in [0.15, 0.2) is 0 Å². The van der Waals surface area contributed by atoms with Crippen molar-refractivity contribution in [2.24, 2.45) is 0 Å². The number of anilines is 1. The predicted octanol–water partition coefficient (Wildman–Crippen LogP) is 2.68. The van der Waals surface area contributed by atoms with E-state index in [-0.39, 0.29) is 12.2 Å². The number of rotatable bonds is 5. The first-order valence-electron chi connectivity index (χ1n) is 7.57. The minimum atomic E-state index is -0.492. The molecule has 0 saturated carbocycles. The number of aromatic nitrogens is 4. The van der Waals surface area contributed by atoms with Crippen molar-refractivity contribution in [3.63, 3.8) is 0 Å². The average Bonchev–Trinajstić information content (AvgIpc) is 3.05. The Morgan fingerprint density at radius 2 is 1.92 bits per heavy atom. The third-order valence-electron chi connectivity index (χ3n) is 3.51. The molecule has 24 heavy (non-hydrogen) atoms. The van der Waals surface area contributed by atoms with Gasteiger partial charge in [0.25, 0.3) is 0 Å². The minimum absolute atomic E-state index is 0.123. The summed E-state index contributed by atoms with van der Waals surface area (Å²) >= 11 is 0. The molecule has 0 aliphatic carbocycles. The maximum absolute atomic E-state index is 13.5. The van der Waals surface area contributed by atoms with Gasteiger partial charge in [-0.3, -0.25) is 4.79 Å². The first-order valence-corrected chi connectivity index (χ1v) is 7.57. The molecule has 122 valence electrons. The summed E-state index contributed by atoms with van der Waals surface area (Å²) in [6, 6.07) is 13.8. The molecule has 2 aromatic carbocycles. The Morgan fingerprint density at radius 3 is 2.62 bits per heavy atom. The highest BCUT2D eigenvalue weighted by Crippen LogP contribution is 2.15. The lowest BCUT2D eigenvalue weighted by atomic mass is 10.1. The van der Waals surface area contributed by atoms with Crippen molar-refractivity contribution in [1.29, 1.82) is 0 Å². The van der Waals surface area contributed by atoms with Crippen molar-refractivity contribution >= 4 is 11.6 Å². The summed E-state index contributed by atoms with van der Waals surface area (Å²) in [5.41, 5.74) is 2.17. The molecule has 3 rings (SSSR count). The fourth-order valence-corrected chi connectivity index (χ4v) is 2.20. The summed E-state index contributed by atoms with van der Waals surface area (Å²) in [5.74, 6) is -0.476. The SMILES string of the molecule is CCc1ccc(-c2nnn(CC(=O)Nc3ccccc3F)n2)cc1. The van der Waals surface area contributed by atoms with E-state index in [4.69, 9.17) is 0 Å². The standard InChI is InChI=1S/C17H16FN5O/c1-2-12-7-9-13(10-8-12)17-20-22-23(21-17)11-16(24)19-15-6-4-3-5-14(15)18/h3-10H,2,11H2,1H3,(H,19,24). The first-order chi connectivity index (χ1) is 11.7. The molecule has 6 nitrogen and oxygen atoms in total. The van der Waals surface area contributed by atoms with Gasteiger partial charge in [-0.05, 0) is 29.3 Å². The highest BCUT2D eigenvalue weighted by molar-refractivity contribution is 5.90. The molecule has 0 atom stereocenters. The number of hydrogen-bond acceptors (Lipinski definition) is 4. The van der Waals surface area contributed by atoms with Crippen molar-refractivity contribution in [1.82, 2.24) is 20.2 Å². The van der Waals surface area contributed by atoms with Crippen LogP contribution in [-0.2, 0) is 17.8 Å². The molecule has 3 aromatic rings. The van der Waals surface area contributed by atoms with Crippen molar-refractivity contribution in [2.75, 3.05) is 5.32 Å². The maximum atomic E-state index is 13.5. The fourth-order valence-electron chi connectivity index (χ4n) is 2.20. The Hall–Kier alpha value is -3.09. The lowest BCUT2D eigenvalue weighted by Crippen LogP contribution is -2.21. The van der Waals surface area contributed by atoms with Gasteiger partial charge in [0.05, 0.1) is 5.69 Å². The first kappa shape index (κ1) is 15.8. The zero-order valence-corrected chi connectivity index (χ0v) is 13.1. The summed E-state index contributed by atoms with van der Waals surface area (Å²) in [5, 5.41) is 14.5. The van der Waals surface area contributed by atoms with E-state index in [1.54, 1.807) is 12.1 Å². The lowest BCUT2D eigenvalue weighted by molar-refractivity contribution is -0.117. The molecule has 0 radical (unpaired) electrons. The van der Waals surface area contributed by atoms with Crippen LogP contribution < -0.4 is 5.32 Å². The number of nitrogens with one attached hydrogen (secondary N) is 1. The quantitative estimate of drug-likeness (QED) is 0.783. The van der Waals surface area contributed by atoms with Gasteiger partial charge >= 0.3 is 0 Å². The van der Waals surface area contributed by atoms with Crippen LogP contribution in [0.15, 0.2) is 48.5 Å². The number of para-hydroxylation sites is 1. The third-order valence-corrected chi connectivity index (χ3v) is 3.51. The summed E-state index contributed by atoms with van der Waals surface area (Å²) in [4.78, 5) is 13.1. The molecule has 0 aliphatic heterocycles. The van der Waals surface area contributed by atoms with Crippen molar-refractivity contribution in [3.05, 3.63) is 59.9 Å². The summed E-state index contributed by atoms with van der Waals surface area (Å²) < 4.78 is 13.5. The lowest BCUT2D eigenvalue weighted by Gasteiger charge is -2.04. The van der Waals surface area contributed by atoms with Crippen LogP contribution in [0.25, 0.3) is 11.4 Å². The molecule has 7 heteroatoms. The third kappa shape index (κ3) is 3.62. The largest absolute Gasteiger partial charge is 0.322 e. The van der Waals surface area contributed by atoms with Crippen molar-refractivity contribution in [2.45, 2.75) is 19.9 Å². The second-order valence-corrected chi connectivity index (χ2v) is 5.22. The molecule has 1 N–H and O–H groups in total. The summed E-state index contributed by atoms with van der Waals surface area (Å²) in [6.45, 7) is 1.94. The molecule has 0 unspecified atom stereocenters. The van der Waals surface area contributed by atoms with Crippen molar-refractivity contribution in [3.8, 4) is 11.4 Å². The fraction of sp³-hybridized carbons (Fsp3) is 0.176. The molecule has 1 amide bonds. The van der Waals surface area contributed by atoms with Gasteiger partial charge in [-0.1, -0.05) is 43.3 Å². The Labute approximate surface area is 138 Å². The number of benzene rings is 2. The van der Waals surface area contributed by atoms with E-state index in [1.165, 1.54) is 22.5 Å². The Balaban J connectivity index is 1.67. The number of halogens is 1. The van der Waals surface area contributed by atoms with Crippen LogP contribution in [-0.4, -0.2) is 26.1 Å². The number of hydrogen-bond donors (Lipinski definition) is 1. The molecule has 0 saturated heterocycles. The monoisotopic (exact) mass is 325 g/mol. The molecule has 0 bridgehead atoms. The summed E-state index contributed by atoms with van der Waals surface area (Å²) in [7, 11) is 0. The van der Waals surface area contributed by atoms with Gasteiger partial charge in [0.2, 0.25) is 11.7 Å². The van der Waals surface area contributed by atoms with Gasteiger partial charge in [-0.15, -0.1) is 10.2 Å². The van der Waals surface area contributed by atoms with E-state index in [0.29, 0.717) is 5.82 Å². The molecular weight excluding hydrogens is 309 g/mol. The van der Waals surface area contributed by atoms with E-state index in [1.807, 2.05) is 24.3 Å². The second-order valence-electron chi connectivity index (χ2n) is 5.22. The number of carbonyl (C=O) groups is 1. The predicted molar refractivity (Wildman–Crippen MR) is 87.7 cm³/mol. The smallest absolute Gasteiger partial charge is 0.248 e. The van der Waals surface area contributed by atoms with Crippen LogP contribution in [0.3, 0.4) is 0 Å². The van der Waals surface area contributed by atoms with E-state index in [2.05, 4.69) is 27.7 Å². The molecule has 0 fully saturated rings. The van der Waals surface area contributed by atoms with Crippen LogP contribution in [0.5, 0.6) is 0 Å². The normalized spacial score (nSPS) is 10.6. The van der Waals surface area contributed by atoms with E-state index in [0.717, 1.165) is 12.0 Å². The Kier molecular flexibility index (Phi) is 4.60. The van der Waals surface area contributed by atoms with E-state index < -0.39 is 11.7 Å². The van der Waals surface area contributed by atoms with Gasteiger partial charge in [0.1, 0.15) is 12.4 Å². The van der Waals surface area contributed by atoms with Gasteiger partial charge in [0, 0.05) is 5.56 Å². The van der Waals surface area contributed by atoms with Crippen LogP contribution in [0.2, 0.25) is 0 Å². The molecule has 1 aromatic heterocycles. The number of tetrazole rings is 1.